The summed E-state index contributed by atoms with van der Waals surface area (Å²) in [5, 5.41) is 59.7. The SMILES string of the molecule is CCCC[C@H]1C(=O)N[C@@H](C)C(=O)NC(C(=O)NCC(N)=O)CSCC(=O)N[C@@H](Cc2ccc(O)cc2)C(=O)N(C)[C@@H](C)C(=O)N[C@@H](CC(N)=O)C(=O)N2CCC[C@H]2C(=O)N[C@@H](CN)C(=O)N[C@@H](CC(C)C)C(=O)N2C[C@H](O)C[C@H]2C(=O)N[C@@H](Cc2c[nH]c3ccccc23)C(=O)N[C@@H](CO)C(=O)N[C@@H](Cc2c[nH]c3ccccc23)C(=O)N(C)[C@@H](CCSC)C(=O)N1C. The van der Waals surface area contributed by atoms with Crippen molar-refractivity contribution in [1.82, 2.24) is 87.6 Å². The van der Waals surface area contributed by atoms with E-state index in [2.05, 4.69) is 63.1 Å². The first-order valence-corrected chi connectivity index (χ1v) is 44.3. The lowest BCUT2D eigenvalue weighted by Crippen LogP contribution is -2.62. The van der Waals surface area contributed by atoms with E-state index in [-0.39, 0.29) is 81.8 Å². The largest absolute Gasteiger partial charge is 0.508 e. The Morgan fingerprint density at radius 2 is 1.13 bits per heavy atom. The third-order valence-electron chi connectivity index (χ3n) is 22.5. The fourth-order valence-corrected chi connectivity index (χ4v) is 16.7. The van der Waals surface area contributed by atoms with Gasteiger partial charge in [-0.15, -0.1) is 11.8 Å². The second-order valence-electron chi connectivity index (χ2n) is 32.3. The summed E-state index contributed by atoms with van der Waals surface area (Å²) in [6.45, 7) is 4.94. The van der Waals surface area contributed by atoms with Crippen molar-refractivity contribution in [2.45, 2.75) is 202 Å². The number of amides is 17. The molecule has 5 heterocycles. The predicted molar refractivity (Wildman–Crippen MR) is 467 cm³/mol. The van der Waals surface area contributed by atoms with Crippen LogP contribution in [-0.4, -0.2) is 318 Å². The molecule has 3 aliphatic heterocycles. The van der Waals surface area contributed by atoms with Crippen molar-refractivity contribution in [2.24, 2.45) is 23.1 Å². The highest BCUT2D eigenvalue weighted by Gasteiger charge is 2.46. The Balaban J connectivity index is 1.16. The summed E-state index contributed by atoms with van der Waals surface area (Å²) < 4.78 is 0. The molecular weight excluding hydrogens is 1670 g/mol. The molecule has 0 radical (unpaired) electrons. The number of aliphatic hydroxyl groups is 2. The topological polar surface area (TPSA) is 597 Å². The van der Waals surface area contributed by atoms with Gasteiger partial charge in [0.05, 0.1) is 31.4 Å². The van der Waals surface area contributed by atoms with Crippen molar-refractivity contribution in [3.05, 3.63) is 102 Å². The minimum Gasteiger partial charge on any atom is -0.508 e. The smallest absolute Gasteiger partial charge is 0.246 e. The lowest BCUT2D eigenvalue weighted by atomic mass is 10.0. The zero-order valence-corrected chi connectivity index (χ0v) is 73.7. The summed E-state index contributed by atoms with van der Waals surface area (Å²) >= 11 is 2.12. The number of carbonyl (C=O) groups excluding carboxylic acids is 17. The third-order valence-corrected chi connectivity index (χ3v) is 24.2. The van der Waals surface area contributed by atoms with Crippen LogP contribution in [0, 0.1) is 5.92 Å². The maximum atomic E-state index is 15.6. The second-order valence-corrected chi connectivity index (χ2v) is 34.3. The number of likely N-dealkylation sites (N-methyl/N-ethyl adjacent to an activating group) is 3. The molecule has 686 valence electrons. The zero-order valence-electron chi connectivity index (χ0n) is 72.0. The Labute approximate surface area is 737 Å². The number of rotatable bonds is 21. The zero-order chi connectivity index (χ0) is 92.5. The van der Waals surface area contributed by atoms with Gasteiger partial charge in [-0.3, -0.25) is 81.5 Å². The van der Waals surface area contributed by atoms with Crippen LogP contribution in [0.3, 0.4) is 0 Å². The fourth-order valence-electron chi connectivity index (χ4n) is 15.4. The molecule has 8 rings (SSSR count). The van der Waals surface area contributed by atoms with E-state index in [1.165, 1.54) is 71.0 Å². The third kappa shape index (κ3) is 26.8. The Bertz CT molecular complexity index is 4760. The molecule has 126 heavy (non-hydrogen) atoms. The van der Waals surface area contributed by atoms with Crippen LogP contribution in [0.5, 0.6) is 5.75 Å². The van der Waals surface area contributed by atoms with Gasteiger partial charge < -0.3 is 120 Å². The molecule has 3 saturated heterocycles. The van der Waals surface area contributed by atoms with Gasteiger partial charge in [0, 0.05) is 106 Å². The summed E-state index contributed by atoms with van der Waals surface area (Å²) in [7, 11) is 3.90. The predicted octanol–water partition coefficient (Wildman–Crippen LogP) is -3.62. The Morgan fingerprint density at radius 3 is 1.73 bits per heavy atom. The number of nitrogens with zero attached hydrogens (tertiary/aromatic N) is 5. The summed E-state index contributed by atoms with van der Waals surface area (Å²) in [4.78, 5) is 257. The van der Waals surface area contributed by atoms with Gasteiger partial charge in [-0.1, -0.05) is 82.1 Å². The summed E-state index contributed by atoms with van der Waals surface area (Å²) in [5.41, 5.74) is 19.9. The Morgan fingerprint density at radius 1 is 0.579 bits per heavy atom. The van der Waals surface area contributed by atoms with E-state index in [9.17, 15) is 68.1 Å². The maximum absolute atomic E-state index is 15.6. The molecular formula is C84H118N20O20S2. The van der Waals surface area contributed by atoms with Crippen molar-refractivity contribution in [3.63, 3.8) is 0 Å². The number of benzene rings is 3. The van der Waals surface area contributed by atoms with Gasteiger partial charge in [0.25, 0.3) is 0 Å². The number of hydrogen-bond acceptors (Lipinski definition) is 23. The molecule has 1 unspecified atom stereocenters. The van der Waals surface area contributed by atoms with Crippen molar-refractivity contribution >= 4 is 146 Å². The van der Waals surface area contributed by atoms with Crippen LogP contribution in [0.25, 0.3) is 21.8 Å². The number of thioether (sulfide) groups is 2. The molecule has 42 heteroatoms. The summed E-state index contributed by atoms with van der Waals surface area (Å²) in [5.74, 6) is -17.1. The number of fused-ring (bicyclic) bond motifs is 4. The molecule has 0 spiro atoms. The van der Waals surface area contributed by atoms with E-state index >= 15 is 28.8 Å². The van der Waals surface area contributed by atoms with Crippen LogP contribution in [-0.2, 0) is 101 Å². The molecule has 0 saturated carbocycles. The monoisotopic (exact) mass is 1790 g/mol. The number of phenolic OH excluding ortho intramolecular Hbond substituents is 1. The van der Waals surface area contributed by atoms with E-state index in [1.54, 1.807) is 81.0 Å². The number of aromatic hydroxyl groups is 1. The molecule has 21 N–H and O–H groups in total. The molecule has 3 aromatic carbocycles. The number of nitrogens with two attached hydrogens (primary N) is 3. The van der Waals surface area contributed by atoms with E-state index in [0.29, 0.717) is 51.3 Å². The highest BCUT2D eigenvalue weighted by Crippen LogP contribution is 2.28. The normalized spacial score (nSPS) is 25.8. The number of H-pyrrole nitrogens is 2. The highest BCUT2D eigenvalue weighted by atomic mass is 32.2. The number of para-hydroxylation sites is 2. The average Bonchev–Trinajstić information content (AvgIpc) is 1.61. The average molecular weight is 1790 g/mol. The number of aromatic amines is 2. The molecule has 3 fully saturated rings. The van der Waals surface area contributed by atoms with Crippen molar-refractivity contribution in [1.29, 1.82) is 0 Å². The minimum atomic E-state index is -1.87. The van der Waals surface area contributed by atoms with Crippen molar-refractivity contribution in [3.8, 4) is 5.75 Å². The lowest BCUT2D eigenvalue weighted by molar-refractivity contribution is -0.149. The molecule has 15 atom stereocenters. The first-order chi connectivity index (χ1) is 59.9. The highest BCUT2D eigenvalue weighted by molar-refractivity contribution is 8.00. The van der Waals surface area contributed by atoms with Gasteiger partial charge in [0.15, 0.2) is 0 Å². The van der Waals surface area contributed by atoms with Crippen LogP contribution < -0.4 is 70.4 Å². The van der Waals surface area contributed by atoms with Crippen LogP contribution in [0.2, 0.25) is 0 Å². The second kappa shape index (κ2) is 46.9. The van der Waals surface area contributed by atoms with Crippen LogP contribution in [0.15, 0.2) is 85.2 Å². The number of unbranched alkanes of at least 4 members (excludes halogenated alkanes) is 1. The van der Waals surface area contributed by atoms with Crippen molar-refractivity contribution < 1.29 is 96.8 Å². The van der Waals surface area contributed by atoms with Crippen LogP contribution in [0.1, 0.15) is 109 Å². The summed E-state index contributed by atoms with van der Waals surface area (Å²) in [6.07, 6.45) is 2.63. The number of nitrogens with one attached hydrogen (secondary N) is 12. The Hall–Kier alpha value is -11.9. The van der Waals surface area contributed by atoms with E-state index in [0.717, 1.165) is 36.3 Å². The number of carbonyl (C=O) groups is 17. The summed E-state index contributed by atoms with van der Waals surface area (Å²) in [6, 6.07) is -1.83. The van der Waals surface area contributed by atoms with E-state index < -0.39 is 235 Å². The molecule has 5 aromatic rings. The van der Waals surface area contributed by atoms with Gasteiger partial charge in [-0.05, 0) is 105 Å². The van der Waals surface area contributed by atoms with Crippen LogP contribution >= 0.6 is 23.5 Å². The standard InChI is InChI=1S/C84H118N20O20S2/c1-10-11-21-64-77(117)91-45(4)71(111)99-63(73(113)90-39-69(87)109)42-126-43-70(110)92-58(31-47-23-25-50(106)26-24-47)80(120)100(6)46(5)72(112)94-60(35-68(86)108)82(122)103-28-16-22-65(103)78(118)97-61(36-85)75(115)95-57(30-44(2)3)83(123)104-40-51(107)34-67(104)79(119)93-56(32-48-37-88-54-19-14-12-17-52(48)54)74(114)98-62(41-105)76(116)96-59(33-49-38-89-55-20-15-13-18-53(49)55)81(121)102(8)66(27-29-125-9)84(124)101(64)7/h12-15,17-20,23-26,37-38,44-46,51,56-67,88-89,105-107H,10-11,16,21-22,27-36,39-43,85H2,1-9H3,(H2,86,108)(H2,87,109)(H,90,113)(H,91,117)(H,92,110)(H,93,119)(H,94,112)(H,95,115)(H,96,116)(H,97,118)(H,98,114)(H,99,111)/t45-,46-,51+,56-,57-,58-,59-,60-,61-,62-,63?,64-,65-,66-,67-/m0/s1. The number of aromatic nitrogens is 2. The first kappa shape index (κ1) is 99.5. The molecule has 17 amide bonds. The first-order valence-electron chi connectivity index (χ1n) is 41.8. The quantitative estimate of drug-likeness (QED) is 0.0337. The maximum Gasteiger partial charge on any atom is 0.246 e. The van der Waals surface area contributed by atoms with Gasteiger partial charge in [0.2, 0.25) is 100 Å². The van der Waals surface area contributed by atoms with Crippen LogP contribution in [0.4, 0.5) is 0 Å². The van der Waals surface area contributed by atoms with Gasteiger partial charge in [0.1, 0.15) is 90.3 Å². The van der Waals surface area contributed by atoms with E-state index in [1.807, 2.05) is 6.92 Å². The molecule has 3 aliphatic rings. The number of phenols is 1. The lowest BCUT2D eigenvalue weighted by Gasteiger charge is -2.36. The molecule has 40 nitrogen and oxygen atoms in total. The number of primary amides is 2. The van der Waals surface area contributed by atoms with Crippen molar-refractivity contribution in [2.75, 3.05) is 77.4 Å². The number of hydrogen-bond donors (Lipinski definition) is 18. The van der Waals surface area contributed by atoms with Gasteiger partial charge in [-0.25, -0.2) is 0 Å². The molecule has 0 aliphatic carbocycles. The fraction of sp³-hybridized carbons (Fsp3) is 0.536. The molecule has 2 aromatic heterocycles. The van der Waals surface area contributed by atoms with E-state index in [4.69, 9.17) is 17.2 Å². The Kier molecular flexibility index (Phi) is 37.0. The minimum absolute atomic E-state index is 0.00986. The van der Waals surface area contributed by atoms with Gasteiger partial charge in [-0.2, -0.15) is 11.8 Å². The number of aliphatic hydroxyl groups excluding tert-OH is 2. The molecule has 0 bridgehead atoms. The van der Waals surface area contributed by atoms with Gasteiger partial charge >= 0.3 is 0 Å².